The van der Waals surface area contributed by atoms with E-state index in [1.165, 1.54) is 27.4 Å². The van der Waals surface area contributed by atoms with Crippen LogP contribution in [0.1, 0.15) is 19.4 Å². The molecule has 2 nitrogen and oxygen atoms in total. The summed E-state index contributed by atoms with van der Waals surface area (Å²) < 4.78 is 2.39. The van der Waals surface area contributed by atoms with Gasteiger partial charge in [-0.2, -0.15) is 0 Å². The standard InChI is InChI=1S/C19H22N2/c1-3-20-13-7-8-15-11-12-19-17(14-15)16-9-5-6-10-18(16)21(19)4-2/h5-12,14,20H,3-4,13H2,1-2H3. The highest BCUT2D eigenvalue weighted by atomic mass is 15.0. The van der Waals surface area contributed by atoms with Crippen LogP contribution in [0.3, 0.4) is 0 Å². The van der Waals surface area contributed by atoms with Crippen LogP contribution in [0, 0.1) is 0 Å². The molecule has 3 rings (SSSR count). The van der Waals surface area contributed by atoms with Gasteiger partial charge in [-0.15, -0.1) is 0 Å². The average Bonchev–Trinajstić information content (AvgIpc) is 2.85. The lowest BCUT2D eigenvalue weighted by molar-refractivity contribution is 0.801. The molecular formula is C19H22N2. The van der Waals surface area contributed by atoms with Gasteiger partial charge in [0.05, 0.1) is 0 Å². The van der Waals surface area contributed by atoms with Crippen molar-refractivity contribution in [3.05, 3.63) is 54.1 Å². The topological polar surface area (TPSA) is 17.0 Å². The largest absolute Gasteiger partial charge is 0.341 e. The van der Waals surface area contributed by atoms with E-state index < -0.39 is 0 Å². The van der Waals surface area contributed by atoms with Crippen molar-refractivity contribution in [1.82, 2.24) is 9.88 Å². The van der Waals surface area contributed by atoms with Crippen LogP contribution in [0.15, 0.2) is 48.5 Å². The van der Waals surface area contributed by atoms with Crippen molar-refractivity contribution in [2.24, 2.45) is 0 Å². The van der Waals surface area contributed by atoms with Gasteiger partial charge in [-0.25, -0.2) is 0 Å². The van der Waals surface area contributed by atoms with Crippen LogP contribution in [0.4, 0.5) is 0 Å². The predicted molar refractivity (Wildman–Crippen MR) is 92.7 cm³/mol. The molecule has 2 heteroatoms. The van der Waals surface area contributed by atoms with E-state index in [2.05, 4.69) is 78.3 Å². The molecule has 0 saturated carbocycles. The lowest BCUT2D eigenvalue weighted by Gasteiger charge is -2.02. The van der Waals surface area contributed by atoms with Gasteiger partial charge in [-0.05, 0) is 37.2 Å². The third kappa shape index (κ3) is 2.59. The molecule has 0 unspecified atom stereocenters. The molecule has 0 amide bonds. The van der Waals surface area contributed by atoms with E-state index >= 15 is 0 Å². The van der Waals surface area contributed by atoms with Crippen molar-refractivity contribution in [2.75, 3.05) is 13.1 Å². The second-order valence-corrected chi connectivity index (χ2v) is 5.25. The Labute approximate surface area is 126 Å². The van der Waals surface area contributed by atoms with E-state index in [4.69, 9.17) is 0 Å². The molecule has 1 heterocycles. The number of hydrogen-bond acceptors (Lipinski definition) is 1. The van der Waals surface area contributed by atoms with Gasteiger partial charge in [0.15, 0.2) is 0 Å². The highest BCUT2D eigenvalue weighted by Crippen LogP contribution is 2.29. The number of para-hydroxylation sites is 1. The Morgan fingerprint density at radius 2 is 1.81 bits per heavy atom. The molecule has 2 aromatic carbocycles. The van der Waals surface area contributed by atoms with Crippen LogP contribution < -0.4 is 5.32 Å². The molecule has 0 bridgehead atoms. The van der Waals surface area contributed by atoms with Gasteiger partial charge in [0.25, 0.3) is 0 Å². The minimum absolute atomic E-state index is 0.922. The van der Waals surface area contributed by atoms with Crippen molar-refractivity contribution in [2.45, 2.75) is 20.4 Å². The summed E-state index contributed by atoms with van der Waals surface area (Å²) in [6.45, 7) is 7.26. The van der Waals surface area contributed by atoms with Crippen molar-refractivity contribution >= 4 is 27.9 Å². The van der Waals surface area contributed by atoms with Crippen molar-refractivity contribution in [3.8, 4) is 0 Å². The van der Waals surface area contributed by atoms with Crippen LogP contribution in [0.5, 0.6) is 0 Å². The summed E-state index contributed by atoms with van der Waals surface area (Å²) in [7, 11) is 0. The third-order valence-electron chi connectivity index (χ3n) is 3.94. The Morgan fingerprint density at radius 3 is 2.62 bits per heavy atom. The van der Waals surface area contributed by atoms with Crippen LogP contribution in [0.2, 0.25) is 0 Å². The fraction of sp³-hybridized carbons (Fsp3) is 0.263. The minimum atomic E-state index is 0.922. The number of aryl methyl sites for hydroxylation is 1. The molecule has 0 atom stereocenters. The molecule has 3 aromatic rings. The van der Waals surface area contributed by atoms with Gasteiger partial charge in [-0.3, -0.25) is 0 Å². The maximum atomic E-state index is 3.31. The first-order valence-electron chi connectivity index (χ1n) is 7.73. The number of nitrogens with zero attached hydrogens (tertiary/aromatic N) is 1. The molecule has 0 fully saturated rings. The summed E-state index contributed by atoms with van der Waals surface area (Å²) in [4.78, 5) is 0. The second kappa shape index (κ2) is 6.15. The summed E-state index contributed by atoms with van der Waals surface area (Å²) in [5, 5.41) is 6.00. The zero-order valence-corrected chi connectivity index (χ0v) is 12.8. The number of nitrogens with one attached hydrogen (secondary N) is 1. The Hall–Kier alpha value is -2.06. The van der Waals surface area contributed by atoms with Gasteiger partial charge < -0.3 is 9.88 Å². The number of benzene rings is 2. The summed E-state index contributed by atoms with van der Waals surface area (Å²) in [5.74, 6) is 0. The predicted octanol–water partition coefficient (Wildman–Crippen LogP) is 4.44. The SMILES string of the molecule is CCNCC=Cc1ccc2c(c1)c1ccccc1n2CC. The fourth-order valence-corrected chi connectivity index (χ4v) is 2.94. The smallest absolute Gasteiger partial charge is 0.0491 e. The van der Waals surface area contributed by atoms with Crippen molar-refractivity contribution < 1.29 is 0 Å². The van der Waals surface area contributed by atoms with E-state index in [0.29, 0.717) is 0 Å². The number of likely N-dealkylation sites (N-methyl/N-ethyl adjacent to an activating group) is 1. The van der Waals surface area contributed by atoms with Gasteiger partial charge in [-0.1, -0.05) is 43.3 Å². The van der Waals surface area contributed by atoms with Crippen LogP contribution in [-0.2, 0) is 6.54 Å². The number of hydrogen-bond donors (Lipinski definition) is 1. The summed E-state index contributed by atoms with van der Waals surface area (Å²) >= 11 is 0. The maximum absolute atomic E-state index is 3.31. The van der Waals surface area contributed by atoms with E-state index in [1.807, 2.05) is 0 Å². The molecule has 108 valence electrons. The van der Waals surface area contributed by atoms with E-state index in [9.17, 15) is 0 Å². The molecular weight excluding hydrogens is 256 g/mol. The van der Waals surface area contributed by atoms with Gasteiger partial charge in [0.1, 0.15) is 0 Å². The first kappa shape index (κ1) is 13.9. The quantitative estimate of drug-likeness (QED) is 0.683. The first-order chi connectivity index (χ1) is 10.3. The zero-order valence-electron chi connectivity index (χ0n) is 12.8. The molecule has 0 radical (unpaired) electrons. The molecule has 0 spiro atoms. The van der Waals surface area contributed by atoms with Crippen LogP contribution >= 0.6 is 0 Å². The molecule has 21 heavy (non-hydrogen) atoms. The van der Waals surface area contributed by atoms with Gasteiger partial charge in [0, 0.05) is 34.9 Å². The van der Waals surface area contributed by atoms with E-state index in [1.54, 1.807) is 0 Å². The Balaban J connectivity index is 2.09. The molecule has 0 aliphatic carbocycles. The molecule has 0 aliphatic rings. The highest BCUT2D eigenvalue weighted by Gasteiger charge is 2.08. The summed E-state index contributed by atoms with van der Waals surface area (Å²) in [6, 6.07) is 15.4. The molecule has 1 N–H and O–H groups in total. The summed E-state index contributed by atoms with van der Waals surface area (Å²) in [6.07, 6.45) is 4.38. The maximum Gasteiger partial charge on any atom is 0.0491 e. The van der Waals surface area contributed by atoms with Gasteiger partial charge in [0.2, 0.25) is 0 Å². The lowest BCUT2D eigenvalue weighted by Crippen LogP contribution is -2.11. The number of fused-ring (bicyclic) bond motifs is 3. The number of rotatable bonds is 5. The Morgan fingerprint density at radius 1 is 1.00 bits per heavy atom. The lowest BCUT2D eigenvalue weighted by atomic mass is 10.1. The van der Waals surface area contributed by atoms with Gasteiger partial charge >= 0.3 is 0 Å². The normalized spacial score (nSPS) is 11.9. The summed E-state index contributed by atoms with van der Waals surface area (Å²) in [5.41, 5.74) is 3.91. The average molecular weight is 278 g/mol. The molecule has 0 saturated heterocycles. The van der Waals surface area contributed by atoms with Crippen LogP contribution in [-0.4, -0.2) is 17.7 Å². The zero-order chi connectivity index (χ0) is 14.7. The first-order valence-corrected chi connectivity index (χ1v) is 7.73. The second-order valence-electron chi connectivity index (χ2n) is 5.25. The van der Waals surface area contributed by atoms with E-state index in [0.717, 1.165) is 19.6 Å². The third-order valence-corrected chi connectivity index (χ3v) is 3.94. The Kier molecular flexibility index (Phi) is 4.07. The fourth-order valence-electron chi connectivity index (χ4n) is 2.94. The number of aromatic nitrogens is 1. The van der Waals surface area contributed by atoms with Crippen molar-refractivity contribution in [3.63, 3.8) is 0 Å². The Bertz CT molecular complexity index is 781. The molecule has 1 aromatic heterocycles. The van der Waals surface area contributed by atoms with Crippen LogP contribution in [0.25, 0.3) is 27.9 Å². The highest BCUT2D eigenvalue weighted by molar-refractivity contribution is 6.08. The van der Waals surface area contributed by atoms with Crippen molar-refractivity contribution in [1.29, 1.82) is 0 Å². The molecule has 0 aliphatic heterocycles. The monoisotopic (exact) mass is 278 g/mol. The van der Waals surface area contributed by atoms with E-state index in [-0.39, 0.29) is 0 Å². The minimum Gasteiger partial charge on any atom is -0.341 e.